The summed E-state index contributed by atoms with van der Waals surface area (Å²) in [6.45, 7) is 0. The summed E-state index contributed by atoms with van der Waals surface area (Å²) >= 11 is 3.23. The maximum Gasteiger partial charge on any atom is 0.255 e. The molecule has 0 spiro atoms. The van der Waals surface area contributed by atoms with Crippen molar-refractivity contribution >= 4 is 33.2 Å². The average Bonchev–Trinajstić information content (AvgIpc) is 2.32. The minimum atomic E-state index is -0.508. The number of hydrogen-bond donors (Lipinski definition) is 2. The molecule has 1 aromatic heterocycles. The number of nitrogens with two attached hydrogens (primary N) is 1. The molecule has 0 bridgehead atoms. The minimum Gasteiger partial charge on any atom is -0.398 e. The fourth-order valence-corrected chi connectivity index (χ4v) is 1.73. The number of nitrogens with one attached hydrogen (secondary N) is 1. The first-order valence-corrected chi connectivity index (χ1v) is 5.82. The van der Waals surface area contributed by atoms with Gasteiger partial charge < -0.3 is 11.1 Å². The fourth-order valence-electron chi connectivity index (χ4n) is 1.35. The highest BCUT2D eigenvalue weighted by molar-refractivity contribution is 9.10. The van der Waals surface area contributed by atoms with Crippen LogP contribution in [0.2, 0.25) is 0 Å². The van der Waals surface area contributed by atoms with Crippen LogP contribution in [0.4, 0.5) is 15.8 Å². The number of nitrogens with zero attached hydrogens (tertiary/aromatic N) is 1. The molecule has 3 N–H and O–H groups in total. The average molecular weight is 310 g/mol. The first-order valence-electron chi connectivity index (χ1n) is 5.03. The van der Waals surface area contributed by atoms with E-state index in [2.05, 4.69) is 26.2 Å². The van der Waals surface area contributed by atoms with Crippen molar-refractivity contribution in [1.29, 1.82) is 0 Å². The van der Waals surface area contributed by atoms with E-state index < -0.39 is 5.82 Å². The van der Waals surface area contributed by atoms with Gasteiger partial charge in [-0.3, -0.25) is 9.78 Å². The molecule has 92 valence electrons. The molecule has 0 atom stereocenters. The van der Waals surface area contributed by atoms with Gasteiger partial charge in [0.25, 0.3) is 5.91 Å². The van der Waals surface area contributed by atoms with Crippen LogP contribution in [-0.4, -0.2) is 10.9 Å². The van der Waals surface area contributed by atoms with Crippen LogP contribution in [0, 0.1) is 5.82 Å². The molecule has 0 fully saturated rings. The van der Waals surface area contributed by atoms with Crippen molar-refractivity contribution < 1.29 is 9.18 Å². The summed E-state index contributed by atoms with van der Waals surface area (Å²) in [5, 5.41) is 2.54. The second-order valence-electron chi connectivity index (χ2n) is 3.58. The minimum absolute atomic E-state index is 0.299. The number of carbonyl (C=O) groups is 1. The highest BCUT2D eigenvalue weighted by Gasteiger charge is 2.08. The van der Waals surface area contributed by atoms with Gasteiger partial charge in [0, 0.05) is 21.8 Å². The predicted octanol–water partition coefficient (Wildman–Crippen LogP) is 2.82. The molecule has 2 rings (SSSR count). The van der Waals surface area contributed by atoms with E-state index in [1.165, 1.54) is 12.3 Å². The lowest BCUT2D eigenvalue weighted by Gasteiger charge is -2.06. The van der Waals surface area contributed by atoms with Gasteiger partial charge in [0.2, 0.25) is 0 Å². The molecule has 0 unspecified atom stereocenters. The molecule has 0 radical (unpaired) electrons. The Bertz CT molecular complexity index is 604. The quantitative estimate of drug-likeness (QED) is 0.838. The van der Waals surface area contributed by atoms with Crippen LogP contribution in [0.1, 0.15) is 10.4 Å². The van der Waals surface area contributed by atoms with E-state index in [0.29, 0.717) is 21.4 Å². The summed E-state index contributed by atoms with van der Waals surface area (Å²) in [6.07, 6.45) is 2.43. The van der Waals surface area contributed by atoms with E-state index in [0.717, 1.165) is 6.20 Å². The number of aromatic nitrogens is 1. The van der Waals surface area contributed by atoms with Gasteiger partial charge in [-0.05, 0) is 34.1 Å². The monoisotopic (exact) mass is 309 g/mol. The van der Waals surface area contributed by atoms with Gasteiger partial charge in [-0.15, -0.1) is 0 Å². The Morgan fingerprint density at radius 2 is 2.11 bits per heavy atom. The lowest BCUT2D eigenvalue weighted by molar-refractivity contribution is 0.102. The smallest absolute Gasteiger partial charge is 0.255 e. The summed E-state index contributed by atoms with van der Waals surface area (Å²) in [7, 11) is 0. The van der Waals surface area contributed by atoms with Crippen molar-refractivity contribution in [2.45, 2.75) is 0 Å². The summed E-state index contributed by atoms with van der Waals surface area (Å²) in [4.78, 5) is 15.5. The first-order chi connectivity index (χ1) is 8.56. The lowest BCUT2D eigenvalue weighted by Crippen LogP contribution is -2.12. The summed E-state index contributed by atoms with van der Waals surface area (Å²) in [5.41, 5.74) is 6.88. The van der Waals surface area contributed by atoms with Gasteiger partial charge >= 0.3 is 0 Å². The first kappa shape index (κ1) is 12.5. The van der Waals surface area contributed by atoms with E-state index >= 15 is 0 Å². The normalized spacial score (nSPS) is 10.1. The summed E-state index contributed by atoms with van der Waals surface area (Å²) in [6, 6.07) is 5.99. The number of hydrogen-bond acceptors (Lipinski definition) is 3. The van der Waals surface area contributed by atoms with E-state index in [4.69, 9.17) is 5.73 Å². The van der Waals surface area contributed by atoms with Gasteiger partial charge in [0.15, 0.2) is 0 Å². The Kier molecular flexibility index (Phi) is 3.57. The molecule has 4 nitrogen and oxygen atoms in total. The molecule has 2 aromatic rings. The second-order valence-corrected chi connectivity index (χ2v) is 4.44. The molecule has 0 saturated heterocycles. The zero-order chi connectivity index (χ0) is 13.1. The van der Waals surface area contributed by atoms with E-state index in [-0.39, 0.29) is 5.91 Å². The van der Waals surface area contributed by atoms with Crippen molar-refractivity contribution in [2.24, 2.45) is 0 Å². The number of anilines is 2. The molecule has 1 aromatic carbocycles. The molecule has 1 heterocycles. The highest BCUT2D eigenvalue weighted by atomic mass is 79.9. The predicted molar refractivity (Wildman–Crippen MR) is 70.7 cm³/mol. The van der Waals surface area contributed by atoms with Crippen LogP contribution in [0.15, 0.2) is 41.1 Å². The van der Waals surface area contributed by atoms with E-state index in [9.17, 15) is 9.18 Å². The van der Waals surface area contributed by atoms with Gasteiger partial charge in [0.05, 0.1) is 18.1 Å². The zero-order valence-electron chi connectivity index (χ0n) is 9.15. The molecule has 6 heteroatoms. The number of benzene rings is 1. The van der Waals surface area contributed by atoms with E-state index in [1.807, 2.05) is 0 Å². The van der Waals surface area contributed by atoms with Crippen LogP contribution < -0.4 is 11.1 Å². The third kappa shape index (κ3) is 2.84. The van der Waals surface area contributed by atoms with E-state index in [1.54, 1.807) is 18.2 Å². The molecule has 1 amide bonds. The summed E-state index contributed by atoms with van der Waals surface area (Å²) < 4.78 is 13.5. The van der Waals surface area contributed by atoms with Crippen molar-refractivity contribution in [3.63, 3.8) is 0 Å². The number of amides is 1. The Morgan fingerprint density at radius 1 is 1.33 bits per heavy atom. The Morgan fingerprint density at radius 3 is 2.78 bits per heavy atom. The van der Waals surface area contributed by atoms with Crippen LogP contribution >= 0.6 is 15.9 Å². The number of rotatable bonds is 2. The second kappa shape index (κ2) is 5.14. The third-order valence-corrected chi connectivity index (χ3v) is 2.91. The Labute approximate surface area is 111 Å². The highest BCUT2D eigenvalue weighted by Crippen LogP contribution is 2.21. The van der Waals surface area contributed by atoms with Gasteiger partial charge in [0.1, 0.15) is 5.82 Å². The van der Waals surface area contributed by atoms with Crippen LogP contribution in [0.5, 0.6) is 0 Å². The molecule has 0 aliphatic rings. The van der Waals surface area contributed by atoms with Gasteiger partial charge in [-0.1, -0.05) is 0 Å². The number of nitrogen functional groups attached to an aromatic ring is 1. The molecule has 0 saturated carbocycles. The number of pyridine rings is 1. The fraction of sp³-hybridized carbons (Fsp3) is 0. The van der Waals surface area contributed by atoms with Gasteiger partial charge in [-0.2, -0.15) is 0 Å². The molecular weight excluding hydrogens is 301 g/mol. The lowest BCUT2D eigenvalue weighted by atomic mass is 10.2. The Balaban J connectivity index is 2.19. The molecule has 0 aliphatic carbocycles. The maximum atomic E-state index is 12.9. The van der Waals surface area contributed by atoms with Crippen molar-refractivity contribution in [3.05, 3.63) is 52.5 Å². The number of carbonyl (C=O) groups excluding carboxylic acids is 1. The standard InChI is InChI=1S/C12H9BrFN3O/c13-10-3-7(1-2-11(10)15)12(18)17-9-4-8(14)5-16-6-9/h1-6H,15H2,(H,17,18). The topological polar surface area (TPSA) is 68.0 Å². The zero-order valence-corrected chi connectivity index (χ0v) is 10.7. The Hall–Kier alpha value is -1.95. The summed E-state index contributed by atoms with van der Waals surface area (Å²) in [5.74, 6) is -0.866. The van der Waals surface area contributed by atoms with Crippen molar-refractivity contribution in [2.75, 3.05) is 11.1 Å². The van der Waals surface area contributed by atoms with Crippen molar-refractivity contribution in [3.8, 4) is 0 Å². The largest absolute Gasteiger partial charge is 0.398 e. The van der Waals surface area contributed by atoms with Crippen LogP contribution in [0.25, 0.3) is 0 Å². The maximum absolute atomic E-state index is 12.9. The van der Waals surface area contributed by atoms with Gasteiger partial charge in [-0.25, -0.2) is 4.39 Å². The SMILES string of the molecule is Nc1ccc(C(=O)Nc2cncc(F)c2)cc1Br. The molecule has 18 heavy (non-hydrogen) atoms. The molecular formula is C12H9BrFN3O. The van der Waals surface area contributed by atoms with Crippen molar-refractivity contribution in [1.82, 2.24) is 4.98 Å². The van der Waals surface area contributed by atoms with Crippen LogP contribution in [0.3, 0.4) is 0 Å². The van der Waals surface area contributed by atoms with Crippen LogP contribution in [-0.2, 0) is 0 Å². The molecule has 0 aliphatic heterocycles. The third-order valence-electron chi connectivity index (χ3n) is 2.23. The number of halogens is 2.